The maximum absolute atomic E-state index is 11.4. The van der Waals surface area contributed by atoms with Crippen molar-refractivity contribution in [1.29, 1.82) is 0 Å². The van der Waals surface area contributed by atoms with Gasteiger partial charge in [-0.2, -0.15) is 4.31 Å². The standard InChI is InChI=1S/C11H15N5O2S/c1-19(17,18)16-8-6-15(7-9-16)11-5-3-2-4-10(11)13-14-12/h2-5H,6-9H2,1H3. The molecule has 0 amide bonds. The van der Waals surface area contributed by atoms with Gasteiger partial charge in [0.05, 0.1) is 11.9 Å². The molecule has 0 aliphatic carbocycles. The van der Waals surface area contributed by atoms with Crippen LogP contribution in [0.15, 0.2) is 29.4 Å². The highest BCUT2D eigenvalue weighted by Gasteiger charge is 2.24. The molecule has 7 nitrogen and oxygen atoms in total. The van der Waals surface area contributed by atoms with E-state index in [4.69, 9.17) is 5.53 Å². The Hall–Kier alpha value is -1.76. The Morgan fingerprint density at radius 1 is 1.21 bits per heavy atom. The predicted octanol–water partition coefficient (Wildman–Crippen LogP) is 1.71. The highest BCUT2D eigenvalue weighted by atomic mass is 32.2. The van der Waals surface area contributed by atoms with Gasteiger partial charge in [-0.05, 0) is 11.6 Å². The van der Waals surface area contributed by atoms with Crippen molar-refractivity contribution in [3.8, 4) is 0 Å². The van der Waals surface area contributed by atoms with Crippen molar-refractivity contribution in [2.24, 2.45) is 5.11 Å². The first-order valence-electron chi connectivity index (χ1n) is 5.86. The van der Waals surface area contributed by atoms with E-state index in [1.54, 1.807) is 12.1 Å². The SMILES string of the molecule is CS(=O)(=O)N1CCN(c2ccccc2N=[N+]=[N-])CC1. The molecule has 8 heteroatoms. The van der Waals surface area contributed by atoms with E-state index >= 15 is 0 Å². The monoisotopic (exact) mass is 281 g/mol. The molecule has 0 unspecified atom stereocenters. The predicted molar refractivity (Wildman–Crippen MR) is 73.9 cm³/mol. The normalized spacial score (nSPS) is 17.0. The Morgan fingerprint density at radius 2 is 1.84 bits per heavy atom. The van der Waals surface area contributed by atoms with Gasteiger partial charge < -0.3 is 4.90 Å². The maximum atomic E-state index is 11.4. The summed E-state index contributed by atoms with van der Waals surface area (Å²) >= 11 is 0. The number of para-hydroxylation sites is 1. The molecule has 1 aliphatic rings. The zero-order valence-corrected chi connectivity index (χ0v) is 11.4. The lowest BCUT2D eigenvalue weighted by Crippen LogP contribution is -2.48. The third-order valence-corrected chi connectivity index (χ3v) is 4.39. The van der Waals surface area contributed by atoms with Crippen molar-refractivity contribution in [1.82, 2.24) is 4.31 Å². The lowest BCUT2D eigenvalue weighted by molar-refractivity contribution is 0.388. The molecule has 0 bridgehead atoms. The van der Waals surface area contributed by atoms with Crippen LogP contribution >= 0.6 is 0 Å². The van der Waals surface area contributed by atoms with Gasteiger partial charge in [0.1, 0.15) is 0 Å². The van der Waals surface area contributed by atoms with E-state index in [0.717, 1.165) is 5.69 Å². The van der Waals surface area contributed by atoms with Gasteiger partial charge >= 0.3 is 0 Å². The largest absolute Gasteiger partial charge is 0.369 e. The molecule has 19 heavy (non-hydrogen) atoms. The first kappa shape index (κ1) is 13.7. The van der Waals surface area contributed by atoms with Gasteiger partial charge in [0.2, 0.25) is 10.0 Å². The first-order valence-corrected chi connectivity index (χ1v) is 7.71. The zero-order chi connectivity index (χ0) is 13.9. The van der Waals surface area contributed by atoms with Crippen molar-refractivity contribution in [2.75, 3.05) is 37.3 Å². The summed E-state index contributed by atoms with van der Waals surface area (Å²) < 4.78 is 24.3. The topological polar surface area (TPSA) is 89.4 Å². The first-order chi connectivity index (χ1) is 9.02. The molecule has 0 spiro atoms. The van der Waals surface area contributed by atoms with E-state index in [9.17, 15) is 8.42 Å². The van der Waals surface area contributed by atoms with Crippen LogP contribution in [0.3, 0.4) is 0 Å². The second-order valence-electron chi connectivity index (χ2n) is 4.33. The Morgan fingerprint density at radius 3 is 2.42 bits per heavy atom. The molecule has 2 rings (SSSR count). The molecule has 1 fully saturated rings. The number of hydrogen-bond donors (Lipinski definition) is 0. The minimum atomic E-state index is -3.13. The van der Waals surface area contributed by atoms with Crippen molar-refractivity contribution < 1.29 is 8.42 Å². The van der Waals surface area contributed by atoms with Crippen LogP contribution in [-0.4, -0.2) is 45.2 Å². The quantitative estimate of drug-likeness (QED) is 0.480. The molecule has 0 atom stereocenters. The smallest absolute Gasteiger partial charge is 0.211 e. The number of piperazine rings is 1. The van der Waals surface area contributed by atoms with Crippen molar-refractivity contribution in [3.05, 3.63) is 34.7 Å². The number of nitrogens with zero attached hydrogens (tertiary/aromatic N) is 5. The molecule has 0 saturated carbocycles. The summed E-state index contributed by atoms with van der Waals surface area (Å²) in [6, 6.07) is 7.30. The molecule has 1 heterocycles. The molecule has 0 aromatic heterocycles. The molecule has 102 valence electrons. The van der Waals surface area contributed by atoms with Crippen LogP contribution in [0.2, 0.25) is 0 Å². The van der Waals surface area contributed by atoms with E-state index in [0.29, 0.717) is 31.9 Å². The van der Waals surface area contributed by atoms with Gasteiger partial charge in [-0.1, -0.05) is 23.3 Å². The highest BCUT2D eigenvalue weighted by Crippen LogP contribution is 2.29. The van der Waals surface area contributed by atoms with E-state index in [1.807, 2.05) is 17.0 Å². The van der Waals surface area contributed by atoms with Crippen LogP contribution in [0.25, 0.3) is 10.4 Å². The summed E-state index contributed by atoms with van der Waals surface area (Å²) in [5, 5.41) is 3.66. The lowest BCUT2D eigenvalue weighted by atomic mass is 10.2. The number of rotatable bonds is 3. The number of sulfonamides is 1. The molecular weight excluding hydrogens is 266 g/mol. The van der Waals surface area contributed by atoms with Crippen LogP contribution < -0.4 is 4.90 Å². The Balaban J connectivity index is 2.16. The summed E-state index contributed by atoms with van der Waals surface area (Å²) in [6.45, 7) is 2.07. The van der Waals surface area contributed by atoms with Crippen LogP contribution in [0.5, 0.6) is 0 Å². The van der Waals surface area contributed by atoms with Crippen LogP contribution in [0.1, 0.15) is 0 Å². The average molecular weight is 281 g/mol. The van der Waals surface area contributed by atoms with E-state index in [-0.39, 0.29) is 0 Å². The van der Waals surface area contributed by atoms with E-state index in [1.165, 1.54) is 10.6 Å². The molecule has 1 aromatic rings. The second-order valence-corrected chi connectivity index (χ2v) is 6.31. The Labute approximate surface area is 112 Å². The van der Waals surface area contributed by atoms with Crippen LogP contribution in [-0.2, 0) is 10.0 Å². The summed E-state index contributed by atoms with van der Waals surface area (Å²) in [7, 11) is -3.13. The number of anilines is 1. The van der Waals surface area contributed by atoms with Crippen molar-refractivity contribution in [2.45, 2.75) is 0 Å². The third-order valence-electron chi connectivity index (χ3n) is 3.08. The molecular formula is C11H15N5O2S. The summed E-state index contributed by atoms with van der Waals surface area (Å²) in [5.74, 6) is 0. The van der Waals surface area contributed by atoms with Crippen LogP contribution in [0, 0.1) is 0 Å². The molecule has 1 aliphatic heterocycles. The van der Waals surface area contributed by atoms with Gasteiger partial charge in [-0.3, -0.25) is 0 Å². The Kier molecular flexibility index (Phi) is 3.94. The van der Waals surface area contributed by atoms with Crippen molar-refractivity contribution >= 4 is 21.4 Å². The third kappa shape index (κ3) is 3.17. The summed E-state index contributed by atoms with van der Waals surface area (Å²) in [6.07, 6.45) is 1.22. The van der Waals surface area contributed by atoms with Gasteiger partial charge in [-0.15, -0.1) is 0 Å². The number of benzene rings is 1. The molecule has 1 aromatic carbocycles. The highest BCUT2D eigenvalue weighted by molar-refractivity contribution is 7.88. The van der Waals surface area contributed by atoms with Crippen molar-refractivity contribution in [3.63, 3.8) is 0 Å². The number of azide groups is 1. The van der Waals surface area contributed by atoms with Gasteiger partial charge in [0.25, 0.3) is 0 Å². The number of hydrogen-bond acceptors (Lipinski definition) is 4. The fourth-order valence-electron chi connectivity index (χ4n) is 2.12. The van der Waals surface area contributed by atoms with Gasteiger partial charge in [0, 0.05) is 36.8 Å². The van der Waals surface area contributed by atoms with E-state index < -0.39 is 10.0 Å². The van der Waals surface area contributed by atoms with Gasteiger partial charge in [-0.25, -0.2) is 8.42 Å². The fraction of sp³-hybridized carbons (Fsp3) is 0.455. The lowest BCUT2D eigenvalue weighted by Gasteiger charge is -2.35. The molecule has 1 saturated heterocycles. The summed E-state index contributed by atoms with van der Waals surface area (Å²) in [5.41, 5.74) is 9.95. The Bertz CT molecular complexity index is 601. The van der Waals surface area contributed by atoms with Gasteiger partial charge in [0.15, 0.2) is 0 Å². The molecule has 0 N–H and O–H groups in total. The fourth-order valence-corrected chi connectivity index (χ4v) is 2.95. The van der Waals surface area contributed by atoms with E-state index in [2.05, 4.69) is 10.0 Å². The van der Waals surface area contributed by atoms with Crippen LogP contribution in [0.4, 0.5) is 11.4 Å². The maximum Gasteiger partial charge on any atom is 0.211 e. The zero-order valence-electron chi connectivity index (χ0n) is 10.6. The average Bonchev–Trinajstić information content (AvgIpc) is 2.39. The minimum Gasteiger partial charge on any atom is -0.369 e. The summed E-state index contributed by atoms with van der Waals surface area (Å²) in [4.78, 5) is 4.84. The minimum absolute atomic E-state index is 0.448. The second kappa shape index (κ2) is 5.48. The molecule has 0 radical (unpaired) electrons.